The molecular weight excluding hydrogens is 302 g/mol. The first-order valence-corrected chi connectivity index (χ1v) is 8.18. The van der Waals surface area contributed by atoms with E-state index in [0.29, 0.717) is 5.56 Å². The van der Waals surface area contributed by atoms with E-state index in [9.17, 15) is 9.59 Å². The summed E-state index contributed by atoms with van der Waals surface area (Å²) in [5.74, 6) is -0.420. The van der Waals surface area contributed by atoms with Crippen LogP contribution in [0.3, 0.4) is 0 Å². The minimum absolute atomic E-state index is 0.179. The van der Waals surface area contributed by atoms with Crippen molar-refractivity contribution >= 4 is 11.8 Å². The van der Waals surface area contributed by atoms with Gasteiger partial charge in [0, 0.05) is 12.1 Å². The van der Waals surface area contributed by atoms with Gasteiger partial charge >= 0.3 is 0 Å². The molecule has 0 radical (unpaired) electrons. The van der Waals surface area contributed by atoms with E-state index < -0.39 is 6.04 Å². The smallest absolute Gasteiger partial charge is 0.258 e. The summed E-state index contributed by atoms with van der Waals surface area (Å²) in [6, 6.07) is 17.9. The second kappa shape index (κ2) is 7.27. The second-order valence-electron chi connectivity index (χ2n) is 5.84. The first-order valence-electron chi connectivity index (χ1n) is 8.18. The van der Waals surface area contributed by atoms with Gasteiger partial charge in [0.25, 0.3) is 11.8 Å². The minimum Gasteiger partial charge on any atom is -0.338 e. The van der Waals surface area contributed by atoms with Crippen molar-refractivity contribution in [2.24, 2.45) is 0 Å². The molecule has 0 saturated carbocycles. The fraction of sp³-hybridized carbons (Fsp3) is 0.263. The van der Waals surface area contributed by atoms with Gasteiger partial charge in [-0.15, -0.1) is 0 Å². The molecule has 1 fully saturated rings. The van der Waals surface area contributed by atoms with Crippen LogP contribution in [0.4, 0.5) is 0 Å². The van der Waals surface area contributed by atoms with Crippen LogP contribution in [0, 0.1) is 0 Å². The molecule has 5 heteroatoms. The topological polar surface area (TPSA) is 61.4 Å². The van der Waals surface area contributed by atoms with Crippen LogP contribution in [0.25, 0.3) is 0 Å². The average molecular weight is 323 g/mol. The van der Waals surface area contributed by atoms with Gasteiger partial charge in [-0.2, -0.15) is 0 Å². The lowest BCUT2D eigenvalue weighted by Gasteiger charge is -2.26. The molecule has 0 spiro atoms. The quantitative estimate of drug-likeness (QED) is 0.887. The van der Waals surface area contributed by atoms with Crippen LogP contribution in [-0.4, -0.2) is 29.4 Å². The maximum Gasteiger partial charge on any atom is 0.258 e. The zero-order chi connectivity index (χ0) is 16.9. The molecule has 24 heavy (non-hydrogen) atoms. The van der Waals surface area contributed by atoms with E-state index in [0.717, 1.165) is 18.5 Å². The molecule has 0 bridgehead atoms. The van der Waals surface area contributed by atoms with Crippen LogP contribution in [0.5, 0.6) is 0 Å². The van der Waals surface area contributed by atoms with E-state index in [1.54, 1.807) is 12.1 Å². The Morgan fingerprint density at radius 1 is 1.08 bits per heavy atom. The normalized spacial score (nSPS) is 20.6. The molecule has 2 atom stereocenters. The summed E-state index contributed by atoms with van der Waals surface area (Å²) in [5.41, 5.74) is 4.44. The van der Waals surface area contributed by atoms with Gasteiger partial charge in [-0.05, 0) is 24.1 Å². The van der Waals surface area contributed by atoms with Gasteiger partial charge < -0.3 is 5.32 Å². The van der Waals surface area contributed by atoms with E-state index in [1.165, 1.54) is 0 Å². The summed E-state index contributed by atoms with van der Waals surface area (Å²) < 4.78 is 0. The highest BCUT2D eigenvalue weighted by Gasteiger charge is 2.42. The third-order valence-corrected chi connectivity index (χ3v) is 4.12. The summed E-state index contributed by atoms with van der Waals surface area (Å²) in [5, 5.41) is 4.80. The predicted molar refractivity (Wildman–Crippen MR) is 92.0 cm³/mol. The summed E-state index contributed by atoms with van der Waals surface area (Å²) in [7, 11) is 0. The number of carbonyl (C=O) groups excluding carboxylic acids is 2. The molecule has 2 aromatic rings. The zero-order valence-corrected chi connectivity index (χ0v) is 13.6. The Labute approximate surface area is 141 Å². The number of nitrogens with zero attached hydrogens (tertiary/aromatic N) is 1. The molecule has 124 valence electrons. The number of nitrogens with one attached hydrogen (secondary N) is 2. The van der Waals surface area contributed by atoms with E-state index in [1.807, 2.05) is 53.5 Å². The Kier molecular flexibility index (Phi) is 4.91. The number of rotatable bonds is 5. The van der Waals surface area contributed by atoms with E-state index in [2.05, 4.69) is 17.7 Å². The highest BCUT2D eigenvalue weighted by Crippen LogP contribution is 2.28. The Hall–Kier alpha value is -2.66. The number of hydrazine groups is 1. The van der Waals surface area contributed by atoms with Gasteiger partial charge in [0.05, 0.1) is 6.04 Å². The summed E-state index contributed by atoms with van der Waals surface area (Å²) in [6.45, 7) is 2.78. The lowest BCUT2D eigenvalue weighted by molar-refractivity contribution is -0.122. The lowest BCUT2D eigenvalue weighted by Crippen LogP contribution is -2.43. The fourth-order valence-corrected chi connectivity index (χ4v) is 3.02. The Morgan fingerprint density at radius 2 is 1.71 bits per heavy atom. The molecule has 2 N–H and O–H groups in total. The van der Waals surface area contributed by atoms with Gasteiger partial charge in [-0.3, -0.25) is 15.0 Å². The average Bonchev–Trinajstić information content (AvgIpc) is 2.92. The summed E-state index contributed by atoms with van der Waals surface area (Å²) >= 11 is 0. The molecule has 1 heterocycles. The van der Waals surface area contributed by atoms with Crippen LogP contribution < -0.4 is 10.7 Å². The molecule has 1 aliphatic rings. The molecule has 0 aliphatic carbocycles. The number of carbonyl (C=O) groups is 2. The van der Waals surface area contributed by atoms with Gasteiger partial charge in [0.2, 0.25) is 0 Å². The lowest BCUT2D eigenvalue weighted by atomic mass is 9.99. The van der Waals surface area contributed by atoms with E-state index in [-0.39, 0.29) is 17.9 Å². The number of hydrogen-bond acceptors (Lipinski definition) is 3. The van der Waals surface area contributed by atoms with Crippen molar-refractivity contribution in [2.45, 2.75) is 25.4 Å². The fourth-order valence-electron chi connectivity index (χ4n) is 3.02. The van der Waals surface area contributed by atoms with Crippen molar-refractivity contribution in [3.63, 3.8) is 0 Å². The third-order valence-electron chi connectivity index (χ3n) is 4.12. The van der Waals surface area contributed by atoms with Gasteiger partial charge in [0.1, 0.15) is 6.04 Å². The van der Waals surface area contributed by atoms with Crippen LogP contribution >= 0.6 is 0 Å². The maximum atomic E-state index is 12.5. The monoisotopic (exact) mass is 323 g/mol. The second-order valence-corrected chi connectivity index (χ2v) is 5.84. The van der Waals surface area contributed by atoms with Crippen LogP contribution in [0.15, 0.2) is 60.7 Å². The van der Waals surface area contributed by atoms with Crippen molar-refractivity contribution < 1.29 is 9.59 Å². The molecule has 2 aromatic carbocycles. The first-order chi connectivity index (χ1) is 11.7. The SMILES string of the molecule is CCCN1NC(=O)[C@H](NC(=O)c2ccccc2)[C@H]1c1ccccc1. The number of hydrogen-bond donors (Lipinski definition) is 2. The van der Waals surface area contributed by atoms with E-state index in [4.69, 9.17) is 0 Å². The standard InChI is InChI=1S/C19H21N3O2/c1-2-13-22-17(14-9-5-3-6-10-14)16(19(24)21-22)20-18(23)15-11-7-4-8-12-15/h3-12,16-17H,2,13H2,1H3,(H,20,23)(H,21,24)/t16-,17-/m1/s1. The molecule has 3 rings (SSSR count). The molecule has 0 aromatic heterocycles. The summed E-state index contributed by atoms with van der Waals surface area (Å²) in [6.07, 6.45) is 0.906. The third kappa shape index (κ3) is 3.31. The maximum absolute atomic E-state index is 12.5. The van der Waals surface area contributed by atoms with Crippen LogP contribution in [-0.2, 0) is 4.79 Å². The first kappa shape index (κ1) is 16.2. The molecule has 5 nitrogen and oxygen atoms in total. The van der Waals surface area contributed by atoms with Crippen molar-refractivity contribution in [1.29, 1.82) is 0 Å². The Morgan fingerprint density at radius 3 is 2.33 bits per heavy atom. The van der Waals surface area contributed by atoms with Crippen molar-refractivity contribution in [3.8, 4) is 0 Å². The zero-order valence-electron chi connectivity index (χ0n) is 13.6. The van der Waals surface area contributed by atoms with Crippen LogP contribution in [0.1, 0.15) is 35.3 Å². The minimum atomic E-state index is -0.619. The molecule has 2 amide bonds. The van der Waals surface area contributed by atoms with Gasteiger partial charge in [0.15, 0.2) is 0 Å². The summed E-state index contributed by atoms with van der Waals surface area (Å²) in [4.78, 5) is 24.9. The van der Waals surface area contributed by atoms with Crippen molar-refractivity contribution in [1.82, 2.24) is 15.8 Å². The van der Waals surface area contributed by atoms with Crippen molar-refractivity contribution in [2.75, 3.05) is 6.54 Å². The highest BCUT2D eigenvalue weighted by molar-refractivity contribution is 5.98. The van der Waals surface area contributed by atoms with Gasteiger partial charge in [-0.25, -0.2) is 5.01 Å². The van der Waals surface area contributed by atoms with Crippen molar-refractivity contribution in [3.05, 3.63) is 71.8 Å². The number of benzene rings is 2. The molecule has 0 unspecified atom stereocenters. The molecule has 1 aliphatic heterocycles. The Balaban J connectivity index is 1.86. The largest absolute Gasteiger partial charge is 0.338 e. The van der Waals surface area contributed by atoms with E-state index >= 15 is 0 Å². The van der Waals surface area contributed by atoms with Gasteiger partial charge in [-0.1, -0.05) is 55.5 Å². The molecular formula is C19H21N3O2. The molecule has 1 saturated heterocycles. The van der Waals surface area contributed by atoms with Crippen LogP contribution in [0.2, 0.25) is 0 Å². The Bertz CT molecular complexity index is 703. The predicted octanol–water partition coefficient (Wildman–Crippen LogP) is 2.28. The highest BCUT2D eigenvalue weighted by atomic mass is 16.2. The number of amides is 2.